The van der Waals surface area contributed by atoms with Gasteiger partial charge >= 0.3 is 0 Å². The maximum Gasteiger partial charge on any atom is 0.254 e. The van der Waals surface area contributed by atoms with E-state index in [1.807, 2.05) is 37.3 Å². The molecule has 1 saturated heterocycles. The number of aromatic nitrogens is 1. The highest BCUT2D eigenvalue weighted by atomic mass is 16.5. The zero-order valence-corrected chi connectivity index (χ0v) is 12.2. The molecular weight excluding hydrogens is 278 g/mol. The third-order valence-corrected chi connectivity index (χ3v) is 3.55. The number of carbonyl (C=O) groups excluding carboxylic acids is 1. The van der Waals surface area contributed by atoms with E-state index in [1.165, 1.54) is 0 Å². The van der Waals surface area contributed by atoms with E-state index in [1.54, 1.807) is 23.2 Å². The number of nitriles is 1. The van der Waals surface area contributed by atoms with Gasteiger partial charge in [0.15, 0.2) is 0 Å². The average Bonchev–Trinajstić information content (AvgIpc) is 2.50. The molecule has 5 nitrogen and oxygen atoms in total. The fraction of sp³-hybridized carbons (Fsp3) is 0.235. The van der Waals surface area contributed by atoms with Crippen molar-refractivity contribution in [1.82, 2.24) is 9.88 Å². The monoisotopic (exact) mass is 293 g/mol. The maximum atomic E-state index is 12.3. The Labute approximate surface area is 128 Å². The number of hydrogen-bond acceptors (Lipinski definition) is 4. The van der Waals surface area contributed by atoms with Crippen LogP contribution in [-0.2, 0) is 0 Å². The standard InChI is InChI=1S/C17H15N3O2/c1-12-3-2-4-14(7-12)17(21)20-10-15(11-20)22-16-8-13(9-18)5-6-19-16/h2-8,15H,10-11H2,1H3. The first kappa shape index (κ1) is 14.1. The van der Waals surface area contributed by atoms with Crippen LogP contribution in [0.5, 0.6) is 5.88 Å². The molecule has 22 heavy (non-hydrogen) atoms. The Bertz CT molecular complexity index is 746. The molecule has 0 spiro atoms. The van der Waals surface area contributed by atoms with Crippen LogP contribution in [0.4, 0.5) is 0 Å². The number of aryl methyl sites for hydroxylation is 1. The summed E-state index contributed by atoms with van der Waals surface area (Å²) in [5.41, 5.74) is 2.27. The summed E-state index contributed by atoms with van der Waals surface area (Å²) >= 11 is 0. The van der Waals surface area contributed by atoms with Crippen molar-refractivity contribution >= 4 is 5.91 Å². The van der Waals surface area contributed by atoms with Crippen LogP contribution in [0.2, 0.25) is 0 Å². The largest absolute Gasteiger partial charge is 0.471 e. The van der Waals surface area contributed by atoms with Gasteiger partial charge in [-0.05, 0) is 25.1 Å². The summed E-state index contributed by atoms with van der Waals surface area (Å²) in [5.74, 6) is 0.439. The van der Waals surface area contributed by atoms with Gasteiger partial charge in [0.05, 0.1) is 24.7 Å². The molecule has 0 N–H and O–H groups in total. The van der Waals surface area contributed by atoms with Crippen LogP contribution >= 0.6 is 0 Å². The second-order valence-corrected chi connectivity index (χ2v) is 5.31. The van der Waals surface area contributed by atoms with Gasteiger partial charge in [0.25, 0.3) is 5.91 Å². The van der Waals surface area contributed by atoms with Crippen molar-refractivity contribution in [2.45, 2.75) is 13.0 Å². The van der Waals surface area contributed by atoms with Crippen LogP contribution < -0.4 is 4.74 Å². The summed E-state index contributed by atoms with van der Waals surface area (Å²) in [6.45, 7) is 3.03. The van der Waals surface area contributed by atoms with Gasteiger partial charge in [0.2, 0.25) is 5.88 Å². The van der Waals surface area contributed by atoms with Crippen molar-refractivity contribution in [3.8, 4) is 11.9 Å². The maximum absolute atomic E-state index is 12.3. The highest BCUT2D eigenvalue weighted by molar-refractivity contribution is 5.95. The molecule has 0 bridgehead atoms. The molecule has 3 rings (SSSR count). The van der Waals surface area contributed by atoms with Crippen LogP contribution in [0.15, 0.2) is 42.6 Å². The number of amides is 1. The molecule has 1 fully saturated rings. The minimum atomic E-state index is -0.0739. The van der Waals surface area contributed by atoms with E-state index in [0.717, 1.165) is 5.56 Å². The van der Waals surface area contributed by atoms with Crippen molar-refractivity contribution in [1.29, 1.82) is 5.26 Å². The summed E-state index contributed by atoms with van der Waals surface area (Å²) in [5, 5.41) is 8.84. The molecule has 1 aliphatic rings. The lowest BCUT2D eigenvalue weighted by molar-refractivity contribution is 0.0160. The third-order valence-electron chi connectivity index (χ3n) is 3.55. The minimum absolute atomic E-state index is 0.0160. The van der Waals surface area contributed by atoms with Crippen LogP contribution in [0.1, 0.15) is 21.5 Å². The van der Waals surface area contributed by atoms with Crippen LogP contribution in [0, 0.1) is 18.3 Å². The van der Waals surface area contributed by atoms with Crippen LogP contribution in [0.3, 0.4) is 0 Å². The van der Waals surface area contributed by atoms with Crippen LogP contribution in [-0.4, -0.2) is 35.0 Å². The van der Waals surface area contributed by atoms with E-state index in [4.69, 9.17) is 10.00 Å². The lowest BCUT2D eigenvalue weighted by Gasteiger charge is -2.38. The smallest absolute Gasteiger partial charge is 0.254 e. The minimum Gasteiger partial charge on any atom is -0.471 e. The Morgan fingerprint density at radius 3 is 2.91 bits per heavy atom. The van der Waals surface area contributed by atoms with Crippen molar-refractivity contribution in [2.24, 2.45) is 0 Å². The summed E-state index contributed by atoms with van der Waals surface area (Å²) in [4.78, 5) is 18.1. The number of rotatable bonds is 3. The summed E-state index contributed by atoms with van der Waals surface area (Å²) < 4.78 is 5.68. The van der Waals surface area contributed by atoms with E-state index < -0.39 is 0 Å². The quantitative estimate of drug-likeness (QED) is 0.870. The predicted molar refractivity (Wildman–Crippen MR) is 80.5 cm³/mol. The number of benzene rings is 1. The Morgan fingerprint density at radius 1 is 1.36 bits per heavy atom. The molecule has 2 heterocycles. The number of ether oxygens (including phenoxy) is 1. The fourth-order valence-electron chi connectivity index (χ4n) is 2.35. The van der Waals surface area contributed by atoms with Gasteiger partial charge in [-0.1, -0.05) is 17.7 Å². The van der Waals surface area contributed by atoms with Crippen molar-refractivity contribution in [3.05, 3.63) is 59.3 Å². The number of nitrogens with zero attached hydrogens (tertiary/aromatic N) is 3. The molecule has 0 radical (unpaired) electrons. The lowest BCUT2D eigenvalue weighted by atomic mass is 10.1. The SMILES string of the molecule is Cc1cccc(C(=O)N2CC(Oc3cc(C#N)ccn3)C2)c1. The first-order valence-electron chi connectivity index (χ1n) is 7.04. The first-order valence-corrected chi connectivity index (χ1v) is 7.04. The molecule has 1 aromatic carbocycles. The van der Waals surface area contributed by atoms with Gasteiger partial charge in [-0.3, -0.25) is 4.79 Å². The molecule has 2 aromatic rings. The highest BCUT2D eigenvalue weighted by Crippen LogP contribution is 2.19. The average molecular weight is 293 g/mol. The third kappa shape index (κ3) is 2.91. The molecular formula is C17H15N3O2. The van der Waals surface area contributed by atoms with Gasteiger partial charge in [-0.15, -0.1) is 0 Å². The van der Waals surface area contributed by atoms with Gasteiger partial charge in [0.1, 0.15) is 6.10 Å². The van der Waals surface area contributed by atoms with Gasteiger partial charge in [-0.2, -0.15) is 5.26 Å². The number of pyridine rings is 1. The van der Waals surface area contributed by atoms with Gasteiger partial charge in [-0.25, -0.2) is 4.98 Å². The molecule has 1 aliphatic heterocycles. The molecule has 0 unspecified atom stereocenters. The van der Waals surface area contributed by atoms with Crippen molar-refractivity contribution in [3.63, 3.8) is 0 Å². The Morgan fingerprint density at radius 2 is 2.18 bits per heavy atom. The number of likely N-dealkylation sites (tertiary alicyclic amines) is 1. The second kappa shape index (κ2) is 5.86. The van der Waals surface area contributed by atoms with Crippen LogP contribution in [0.25, 0.3) is 0 Å². The molecule has 0 atom stereocenters. The molecule has 0 saturated carbocycles. The van der Waals surface area contributed by atoms with E-state index in [9.17, 15) is 4.79 Å². The molecule has 110 valence electrons. The molecule has 1 amide bonds. The predicted octanol–water partition coefficient (Wildman–Crippen LogP) is 2.17. The summed E-state index contributed by atoms with van der Waals surface area (Å²) in [6, 6.07) is 12.8. The van der Waals surface area contributed by atoms with E-state index in [-0.39, 0.29) is 12.0 Å². The van der Waals surface area contributed by atoms with Crippen molar-refractivity contribution < 1.29 is 9.53 Å². The van der Waals surface area contributed by atoms with Gasteiger partial charge in [0, 0.05) is 17.8 Å². The highest BCUT2D eigenvalue weighted by Gasteiger charge is 2.33. The van der Waals surface area contributed by atoms with Gasteiger partial charge < -0.3 is 9.64 Å². The number of hydrogen-bond donors (Lipinski definition) is 0. The zero-order chi connectivity index (χ0) is 15.5. The zero-order valence-electron chi connectivity index (χ0n) is 12.2. The summed E-state index contributed by atoms with van der Waals surface area (Å²) in [6.07, 6.45) is 1.47. The summed E-state index contributed by atoms with van der Waals surface area (Å²) in [7, 11) is 0. The normalized spacial score (nSPS) is 14.1. The number of carbonyl (C=O) groups is 1. The van der Waals surface area contributed by atoms with E-state index in [2.05, 4.69) is 4.98 Å². The second-order valence-electron chi connectivity index (χ2n) is 5.31. The molecule has 1 aromatic heterocycles. The van der Waals surface area contributed by atoms with E-state index >= 15 is 0 Å². The lowest BCUT2D eigenvalue weighted by Crippen LogP contribution is -2.56. The first-order chi connectivity index (χ1) is 10.7. The van der Waals surface area contributed by atoms with Crippen molar-refractivity contribution in [2.75, 3.05) is 13.1 Å². The fourth-order valence-corrected chi connectivity index (χ4v) is 2.35. The molecule has 5 heteroatoms. The van der Waals surface area contributed by atoms with E-state index in [0.29, 0.717) is 30.1 Å². The topological polar surface area (TPSA) is 66.2 Å². The molecule has 0 aliphatic carbocycles. The Kier molecular flexibility index (Phi) is 3.75. The Hall–Kier alpha value is -2.87. The Balaban J connectivity index is 1.58.